The smallest absolute Gasteiger partial charge is 0.260 e. The zero-order chi connectivity index (χ0) is 20.2. The third-order valence-electron chi connectivity index (χ3n) is 4.84. The SMILES string of the molecule is O=C(COc1ccc(Cl)cc1)N1CCCC(c2nnc(-c3ccccc3F)s2)C1. The minimum Gasteiger partial charge on any atom is -0.484 e. The zero-order valence-electron chi connectivity index (χ0n) is 15.6. The van der Waals surface area contributed by atoms with Gasteiger partial charge in [0.25, 0.3) is 5.91 Å². The van der Waals surface area contributed by atoms with Crippen molar-refractivity contribution >= 4 is 28.8 Å². The van der Waals surface area contributed by atoms with Gasteiger partial charge in [-0.1, -0.05) is 35.1 Å². The number of halogens is 2. The van der Waals surface area contributed by atoms with Crippen molar-refractivity contribution in [1.29, 1.82) is 0 Å². The summed E-state index contributed by atoms with van der Waals surface area (Å²) in [5, 5.41) is 10.5. The van der Waals surface area contributed by atoms with Crippen LogP contribution in [0, 0.1) is 5.82 Å². The number of amides is 1. The van der Waals surface area contributed by atoms with Gasteiger partial charge in [-0.15, -0.1) is 10.2 Å². The second kappa shape index (κ2) is 8.88. The van der Waals surface area contributed by atoms with E-state index in [1.54, 1.807) is 47.4 Å². The molecule has 150 valence electrons. The predicted octanol–water partition coefficient (Wildman–Crippen LogP) is 4.78. The molecule has 1 unspecified atom stereocenters. The summed E-state index contributed by atoms with van der Waals surface area (Å²) in [7, 11) is 0. The van der Waals surface area contributed by atoms with E-state index in [2.05, 4.69) is 10.2 Å². The average Bonchev–Trinajstić information content (AvgIpc) is 3.23. The van der Waals surface area contributed by atoms with Crippen molar-refractivity contribution in [2.75, 3.05) is 19.7 Å². The largest absolute Gasteiger partial charge is 0.484 e. The Kier molecular flexibility index (Phi) is 6.06. The molecule has 2 heterocycles. The Balaban J connectivity index is 1.39. The molecule has 0 bridgehead atoms. The van der Waals surface area contributed by atoms with E-state index in [-0.39, 0.29) is 24.2 Å². The Morgan fingerprint density at radius 3 is 2.79 bits per heavy atom. The molecule has 1 aliphatic heterocycles. The van der Waals surface area contributed by atoms with Crippen molar-refractivity contribution in [3.8, 4) is 16.3 Å². The molecule has 5 nitrogen and oxygen atoms in total. The number of likely N-dealkylation sites (tertiary alicyclic amines) is 1. The first kappa shape index (κ1) is 19.8. The summed E-state index contributed by atoms with van der Waals surface area (Å²) >= 11 is 7.25. The van der Waals surface area contributed by atoms with Crippen LogP contribution < -0.4 is 4.74 Å². The standard InChI is InChI=1S/C21H19ClFN3O2S/c22-15-7-9-16(10-8-15)28-13-19(27)26-11-3-4-14(12-26)20-24-25-21(29-20)17-5-1-2-6-18(17)23/h1-2,5-10,14H,3-4,11-13H2. The molecule has 3 aromatic rings. The molecule has 1 aliphatic rings. The average molecular weight is 432 g/mol. The Morgan fingerprint density at radius 1 is 1.21 bits per heavy atom. The molecule has 8 heteroatoms. The van der Waals surface area contributed by atoms with Gasteiger partial charge >= 0.3 is 0 Å². The van der Waals surface area contributed by atoms with Gasteiger partial charge in [-0.3, -0.25) is 4.79 Å². The van der Waals surface area contributed by atoms with Crippen LogP contribution in [0.4, 0.5) is 4.39 Å². The molecule has 0 saturated carbocycles. The van der Waals surface area contributed by atoms with E-state index in [0.29, 0.717) is 34.4 Å². The van der Waals surface area contributed by atoms with Gasteiger partial charge in [0, 0.05) is 29.6 Å². The van der Waals surface area contributed by atoms with Gasteiger partial charge < -0.3 is 9.64 Å². The summed E-state index contributed by atoms with van der Waals surface area (Å²) in [5.41, 5.74) is 0.455. The quantitative estimate of drug-likeness (QED) is 0.583. The van der Waals surface area contributed by atoms with Gasteiger partial charge in [-0.25, -0.2) is 4.39 Å². The molecule has 0 N–H and O–H groups in total. The lowest BCUT2D eigenvalue weighted by Gasteiger charge is -2.31. The van der Waals surface area contributed by atoms with Crippen molar-refractivity contribution in [3.63, 3.8) is 0 Å². The first-order chi connectivity index (χ1) is 14.1. The molecule has 1 saturated heterocycles. The number of aromatic nitrogens is 2. The minimum absolute atomic E-state index is 0.0229. The molecule has 0 aliphatic carbocycles. The zero-order valence-corrected chi connectivity index (χ0v) is 17.1. The van der Waals surface area contributed by atoms with Crippen molar-refractivity contribution in [1.82, 2.24) is 15.1 Å². The van der Waals surface area contributed by atoms with Crippen LogP contribution in [0.3, 0.4) is 0 Å². The summed E-state index contributed by atoms with van der Waals surface area (Å²) in [6, 6.07) is 13.5. The summed E-state index contributed by atoms with van der Waals surface area (Å²) in [6.45, 7) is 1.23. The minimum atomic E-state index is -0.310. The molecular weight excluding hydrogens is 413 g/mol. The maximum absolute atomic E-state index is 14.0. The number of piperidine rings is 1. The summed E-state index contributed by atoms with van der Waals surface area (Å²) in [4.78, 5) is 14.4. The lowest BCUT2D eigenvalue weighted by molar-refractivity contribution is -0.134. The van der Waals surface area contributed by atoms with Gasteiger partial charge in [0.2, 0.25) is 0 Å². The third kappa shape index (κ3) is 4.74. The van der Waals surface area contributed by atoms with Crippen molar-refractivity contribution in [2.45, 2.75) is 18.8 Å². The highest BCUT2D eigenvalue weighted by atomic mass is 35.5. The molecule has 1 atom stereocenters. The Morgan fingerprint density at radius 2 is 2.00 bits per heavy atom. The highest BCUT2D eigenvalue weighted by Crippen LogP contribution is 2.33. The molecule has 1 amide bonds. The van der Waals surface area contributed by atoms with Crippen LogP contribution in [-0.4, -0.2) is 40.7 Å². The molecule has 0 radical (unpaired) electrons. The van der Waals surface area contributed by atoms with Crippen LogP contribution in [0.1, 0.15) is 23.8 Å². The number of nitrogens with zero attached hydrogens (tertiary/aromatic N) is 3. The second-order valence-electron chi connectivity index (χ2n) is 6.85. The van der Waals surface area contributed by atoms with E-state index < -0.39 is 0 Å². The number of rotatable bonds is 5. The van der Waals surface area contributed by atoms with E-state index in [1.807, 2.05) is 0 Å². The Labute approximate surface area is 177 Å². The fraction of sp³-hybridized carbons (Fsp3) is 0.286. The molecule has 1 fully saturated rings. The number of carbonyl (C=O) groups excluding carboxylic acids is 1. The van der Waals surface area contributed by atoms with E-state index in [4.69, 9.17) is 16.3 Å². The van der Waals surface area contributed by atoms with Crippen LogP contribution >= 0.6 is 22.9 Å². The van der Waals surface area contributed by atoms with E-state index >= 15 is 0 Å². The normalized spacial score (nSPS) is 16.6. The van der Waals surface area contributed by atoms with Gasteiger partial charge in [-0.05, 0) is 49.2 Å². The molecular formula is C21H19ClFN3O2S. The van der Waals surface area contributed by atoms with Crippen LogP contribution in [0.2, 0.25) is 5.02 Å². The fourth-order valence-corrected chi connectivity index (χ4v) is 4.44. The van der Waals surface area contributed by atoms with E-state index in [0.717, 1.165) is 17.8 Å². The number of carbonyl (C=O) groups is 1. The number of benzene rings is 2. The van der Waals surface area contributed by atoms with Crippen LogP contribution in [0.15, 0.2) is 48.5 Å². The van der Waals surface area contributed by atoms with Crippen molar-refractivity contribution in [2.24, 2.45) is 0 Å². The van der Waals surface area contributed by atoms with Crippen molar-refractivity contribution in [3.05, 3.63) is 64.4 Å². The number of ether oxygens (including phenoxy) is 1. The predicted molar refractivity (Wildman–Crippen MR) is 111 cm³/mol. The summed E-state index contributed by atoms with van der Waals surface area (Å²) in [5.74, 6) is 0.328. The van der Waals surface area contributed by atoms with Crippen LogP contribution in [-0.2, 0) is 4.79 Å². The van der Waals surface area contributed by atoms with E-state index in [9.17, 15) is 9.18 Å². The lowest BCUT2D eigenvalue weighted by atomic mass is 9.99. The van der Waals surface area contributed by atoms with Gasteiger partial charge in [0.05, 0.1) is 0 Å². The monoisotopic (exact) mass is 431 g/mol. The first-order valence-electron chi connectivity index (χ1n) is 9.34. The summed E-state index contributed by atoms with van der Waals surface area (Å²) in [6.07, 6.45) is 1.81. The van der Waals surface area contributed by atoms with Gasteiger partial charge in [-0.2, -0.15) is 0 Å². The first-order valence-corrected chi connectivity index (χ1v) is 10.5. The topological polar surface area (TPSA) is 55.3 Å². The maximum atomic E-state index is 14.0. The summed E-state index contributed by atoms with van der Waals surface area (Å²) < 4.78 is 19.6. The van der Waals surface area contributed by atoms with Crippen molar-refractivity contribution < 1.29 is 13.9 Å². The molecule has 29 heavy (non-hydrogen) atoms. The molecule has 0 spiro atoms. The molecule has 4 rings (SSSR count). The van der Waals surface area contributed by atoms with Crippen LogP contribution in [0.5, 0.6) is 5.75 Å². The Bertz CT molecular complexity index is 996. The third-order valence-corrected chi connectivity index (χ3v) is 6.22. The highest BCUT2D eigenvalue weighted by molar-refractivity contribution is 7.14. The lowest BCUT2D eigenvalue weighted by Crippen LogP contribution is -2.41. The van der Waals surface area contributed by atoms with Gasteiger partial charge in [0.15, 0.2) is 11.6 Å². The van der Waals surface area contributed by atoms with Crippen LogP contribution in [0.25, 0.3) is 10.6 Å². The van der Waals surface area contributed by atoms with E-state index in [1.165, 1.54) is 17.4 Å². The number of hydrogen-bond donors (Lipinski definition) is 0. The number of hydrogen-bond acceptors (Lipinski definition) is 5. The molecule has 1 aromatic heterocycles. The second-order valence-corrected chi connectivity index (χ2v) is 8.29. The highest BCUT2D eigenvalue weighted by Gasteiger charge is 2.27. The van der Waals surface area contributed by atoms with Gasteiger partial charge in [0.1, 0.15) is 16.6 Å². The Hall–Kier alpha value is -2.51. The fourth-order valence-electron chi connectivity index (χ4n) is 3.32. The maximum Gasteiger partial charge on any atom is 0.260 e. The molecule has 2 aromatic carbocycles.